The van der Waals surface area contributed by atoms with Gasteiger partial charge < -0.3 is 4.84 Å². The first kappa shape index (κ1) is 20.8. The van der Waals surface area contributed by atoms with Crippen LogP contribution >= 0.6 is 11.3 Å². The number of non-ortho nitro benzene ring substituents is 1. The number of fused-ring (bicyclic) bond motifs is 9. The van der Waals surface area contributed by atoms with E-state index in [4.69, 9.17) is 4.84 Å². The van der Waals surface area contributed by atoms with Crippen LogP contribution in [-0.4, -0.2) is 28.6 Å². The molecule has 0 spiro atoms. The fourth-order valence-electron chi connectivity index (χ4n) is 7.17. The Balaban J connectivity index is 1.24. The van der Waals surface area contributed by atoms with Crippen molar-refractivity contribution in [2.24, 2.45) is 34.7 Å². The van der Waals surface area contributed by atoms with E-state index in [9.17, 15) is 25.0 Å². The van der Waals surface area contributed by atoms with E-state index in [2.05, 4.69) is 11.2 Å². The molecule has 176 valence electrons. The van der Waals surface area contributed by atoms with Crippen molar-refractivity contribution >= 4 is 39.6 Å². The highest BCUT2D eigenvalue weighted by molar-refractivity contribution is 7.17. The zero-order valence-corrected chi connectivity index (χ0v) is 19.4. The lowest BCUT2D eigenvalue weighted by Gasteiger charge is -2.29. The van der Waals surface area contributed by atoms with Crippen molar-refractivity contribution in [1.29, 1.82) is 5.26 Å². The standard InChI is InChI=1S/C25H20N4O5S/c26-10-16-13-6-1-2-7-17(13)35-25(16)28-23(30)18-14-9-15(19(18)24(28)31)22-20(14)21(27-34-22)11-4-3-5-12(8-11)29(32)33/h3-5,8,14-15,18-20,22H,1-2,6-7,9H2. The third kappa shape index (κ3) is 2.64. The van der Waals surface area contributed by atoms with Gasteiger partial charge in [-0.05, 0) is 43.6 Å². The van der Waals surface area contributed by atoms with Gasteiger partial charge in [-0.1, -0.05) is 17.3 Å². The molecule has 6 atom stereocenters. The molecule has 1 aromatic carbocycles. The van der Waals surface area contributed by atoms with Gasteiger partial charge in [0.2, 0.25) is 11.8 Å². The van der Waals surface area contributed by atoms with Crippen LogP contribution in [0.4, 0.5) is 10.7 Å². The average molecular weight is 489 g/mol. The number of carbonyl (C=O) groups excluding carboxylic acids is 2. The van der Waals surface area contributed by atoms with Crippen molar-refractivity contribution < 1.29 is 19.3 Å². The summed E-state index contributed by atoms with van der Waals surface area (Å²) in [5.41, 5.74) is 2.68. The molecule has 7 rings (SSSR count). The number of rotatable bonds is 3. The van der Waals surface area contributed by atoms with Gasteiger partial charge >= 0.3 is 0 Å². The molecule has 1 aromatic heterocycles. The minimum atomic E-state index is -0.481. The predicted octanol–water partition coefficient (Wildman–Crippen LogP) is 3.58. The maximum atomic E-state index is 13.8. The number of aryl methyl sites for hydroxylation is 1. The summed E-state index contributed by atoms with van der Waals surface area (Å²) in [6.07, 6.45) is 4.12. The molecule has 2 aliphatic heterocycles. The first-order chi connectivity index (χ1) is 17.0. The van der Waals surface area contributed by atoms with Crippen LogP contribution in [0, 0.1) is 51.0 Å². The van der Waals surface area contributed by atoms with E-state index in [0.717, 1.165) is 36.1 Å². The van der Waals surface area contributed by atoms with E-state index in [1.807, 2.05) is 0 Å². The summed E-state index contributed by atoms with van der Waals surface area (Å²) in [5, 5.41) is 25.9. The number of hydrogen-bond donors (Lipinski definition) is 0. The van der Waals surface area contributed by atoms with Crippen LogP contribution in [0.2, 0.25) is 0 Å². The van der Waals surface area contributed by atoms with Crippen molar-refractivity contribution in [1.82, 2.24) is 0 Å². The lowest BCUT2D eigenvalue weighted by Crippen LogP contribution is -2.41. The summed E-state index contributed by atoms with van der Waals surface area (Å²) in [6, 6.07) is 8.57. The Bertz CT molecular complexity index is 1410. The van der Waals surface area contributed by atoms with Crippen molar-refractivity contribution in [3.8, 4) is 6.07 Å². The monoisotopic (exact) mass is 488 g/mol. The van der Waals surface area contributed by atoms with Crippen molar-refractivity contribution in [2.75, 3.05) is 4.90 Å². The molecule has 2 saturated carbocycles. The lowest BCUT2D eigenvalue weighted by molar-refractivity contribution is -0.384. The van der Waals surface area contributed by atoms with Gasteiger partial charge in [-0.25, -0.2) is 4.90 Å². The molecular weight excluding hydrogens is 468 g/mol. The maximum Gasteiger partial charge on any atom is 0.270 e. The number of hydrogen-bond acceptors (Lipinski definition) is 8. The number of nitro benzene ring substituents is 1. The van der Waals surface area contributed by atoms with E-state index in [1.54, 1.807) is 12.1 Å². The van der Waals surface area contributed by atoms with Crippen LogP contribution in [0.5, 0.6) is 0 Å². The Morgan fingerprint density at radius 2 is 1.91 bits per heavy atom. The number of nitro groups is 1. The lowest BCUT2D eigenvalue weighted by atomic mass is 9.71. The van der Waals surface area contributed by atoms with E-state index in [0.29, 0.717) is 28.3 Å². The van der Waals surface area contributed by atoms with Crippen LogP contribution in [-0.2, 0) is 27.3 Å². The Morgan fingerprint density at radius 3 is 2.69 bits per heavy atom. The van der Waals surface area contributed by atoms with E-state index in [-0.39, 0.29) is 41.4 Å². The molecule has 2 amide bonds. The number of oxime groups is 1. The molecule has 0 N–H and O–H groups in total. The van der Waals surface area contributed by atoms with Gasteiger partial charge in [-0.3, -0.25) is 19.7 Å². The molecule has 1 saturated heterocycles. The SMILES string of the molecule is N#Cc1c(N2C(=O)C3C4CC(C5C(c6cccc([N+](=O)[O-])c6)=NOC45)C3C2=O)sc2c1CCCC2. The fraction of sp³-hybridized carbons (Fsp3) is 0.440. The smallest absolute Gasteiger partial charge is 0.270 e. The van der Waals surface area contributed by atoms with Gasteiger partial charge in [0, 0.05) is 34.4 Å². The number of thiophene rings is 1. The normalized spacial score (nSPS) is 32.1. The quantitative estimate of drug-likeness (QED) is 0.369. The van der Waals surface area contributed by atoms with E-state index in [1.165, 1.54) is 28.4 Å². The number of nitriles is 1. The molecule has 3 aliphatic carbocycles. The van der Waals surface area contributed by atoms with Crippen LogP contribution in [0.3, 0.4) is 0 Å². The maximum absolute atomic E-state index is 13.8. The first-order valence-corrected chi connectivity index (χ1v) is 12.7. The van der Waals surface area contributed by atoms with Crippen LogP contribution in [0.15, 0.2) is 29.4 Å². The Hall–Kier alpha value is -3.58. The highest BCUT2D eigenvalue weighted by atomic mass is 32.1. The van der Waals surface area contributed by atoms with Gasteiger partial charge in [0.25, 0.3) is 5.69 Å². The molecule has 3 heterocycles. The largest absolute Gasteiger partial charge is 0.391 e. The second kappa shape index (κ2) is 7.21. The van der Waals surface area contributed by atoms with Crippen LogP contribution < -0.4 is 4.90 Å². The number of anilines is 1. The van der Waals surface area contributed by atoms with Gasteiger partial charge in [0.1, 0.15) is 17.2 Å². The highest BCUT2D eigenvalue weighted by Crippen LogP contribution is 2.62. The molecule has 9 nitrogen and oxygen atoms in total. The summed E-state index contributed by atoms with van der Waals surface area (Å²) in [7, 11) is 0. The molecule has 10 heteroatoms. The average Bonchev–Trinajstić information content (AvgIpc) is 3.65. The van der Waals surface area contributed by atoms with Crippen molar-refractivity contribution in [3.05, 3.63) is 55.9 Å². The molecule has 2 bridgehead atoms. The van der Waals surface area contributed by atoms with Gasteiger partial charge in [-0.2, -0.15) is 5.26 Å². The van der Waals surface area contributed by atoms with Gasteiger partial charge in [0.05, 0.1) is 28.0 Å². The van der Waals surface area contributed by atoms with Gasteiger partial charge in [0.15, 0.2) is 0 Å². The predicted molar refractivity (Wildman–Crippen MR) is 125 cm³/mol. The Morgan fingerprint density at radius 1 is 1.14 bits per heavy atom. The second-order valence-electron chi connectivity index (χ2n) is 10.0. The van der Waals surface area contributed by atoms with Crippen LogP contribution in [0.25, 0.3) is 0 Å². The third-order valence-corrected chi connectivity index (χ3v) is 9.79. The molecule has 6 unspecified atom stereocenters. The number of benzene rings is 1. The van der Waals surface area contributed by atoms with Crippen LogP contribution in [0.1, 0.15) is 40.8 Å². The molecule has 0 radical (unpaired) electrons. The molecule has 5 aliphatic rings. The molecule has 2 aromatic rings. The summed E-state index contributed by atoms with van der Waals surface area (Å²) < 4.78 is 0. The number of imide groups is 1. The number of nitrogens with zero attached hydrogens (tertiary/aromatic N) is 4. The number of amides is 2. The summed E-state index contributed by atoms with van der Waals surface area (Å²) in [6.45, 7) is 0. The zero-order valence-electron chi connectivity index (χ0n) is 18.5. The van der Waals surface area contributed by atoms with Crippen molar-refractivity contribution in [2.45, 2.75) is 38.2 Å². The van der Waals surface area contributed by atoms with Crippen molar-refractivity contribution in [3.63, 3.8) is 0 Å². The summed E-state index contributed by atoms with van der Waals surface area (Å²) in [5.74, 6) is -1.87. The second-order valence-corrected chi connectivity index (χ2v) is 11.1. The first-order valence-electron chi connectivity index (χ1n) is 11.9. The minimum Gasteiger partial charge on any atom is -0.391 e. The molecular formula is C25H20N4O5S. The minimum absolute atomic E-state index is 0.0290. The highest BCUT2D eigenvalue weighted by Gasteiger charge is 2.70. The fourth-order valence-corrected chi connectivity index (χ4v) is 8.52. The summed E-state index contributed by atoms with van der Waals surface area (Å²) in [4.78, 5) is 46.5. The Kier molecular flexibility index (Phi) is 4.28. The van der Waals surface area contributed by atoms with Gasteiger partial charge in [-0.15, -0.1) is 11.3 Å². The van der Waals surface area contributed by atoms with E-state index >= 15 is 0 Å². The molecule has 35 heavy (non-hydrogen) atoms. The topological polar surface area (TPSA) is 126 Å². The zero-order chi connectivity index (χ0) is 24.0. The number of carbonyl (C=O) groups is 2. The third-order valence-electron chi connectivity index (χ3n) is 8.51. The summed E-state index contributed by atoms with van der Waals surface area (Å²) >= 11 is 1.42. The van der Waals surface area contributed by atoms with E-state index < -0.39 is 16.8 Å². The molecule has 3 fully saturated rings. The Labute approximate surface area is 204 Å².